The summed E-state index contributed by atoms with van der Waals surface area (Å²) in [6.07, 6.45) is -0.0233. The minimum Gasteiger partial charge on any atom is -0.481 e. The van der Waals surface area contributed by atoms with Crippen molar-refractivity contribution in [2.24, 2.45) is 0 Å². The summed E-state index contributed by atoms with van der Waals surface area (Å²) < 4.78 is 0. The van der Waals surface area contributed by atoms with Crippen LogP contribution >= 0.6 is 11.3 Å². The van der Waals surface area contributed by atoms with Crippen molar-refractivity contribution in [3.63, 3.8) is 0 Å². The molecule has 0 fully saturated rings. The first-order chi connectivity index (χ1) is 8.50. The van der Waals surface area contributed by atoms with Crippen LogP contribution in [-0.4, -0.2) is 60.5 Å². The van der Waals surface area contributed by atoms with Crippen molar-refractivity contribution in [1.82, 2.24) is 9.80 Å². The molecule has 1 heterocycles. The normalized spacial score (nSPS) is 10.6. The van der Waals surface area contributed by atoms with E-state index in [0.29, 0.717) is 11.4 Å². The molecule has 0 saturated heterocycles. The molecule has 0 bridgehead atoms. The number of hydrogen-bond acceptors (Lipinski definition) is 4. The van der Waals surface area contributed by atoms with Crippen molar-refractivity contribution in [3.05, 3.63) is 22.4 Å². The van der Waals surface area contributed by atoms with Crippen LogP contribution in [0.25, 0.3) is 0 Å². The third-order valence-electron chi connectivity index (χ3n) is 2.43. The predicted octanol–water partition coefficient (Wildman–Crippen LogP) is 1.23. The third-order valence-corrected chi connectivity index (χ3v) is 3.29. The number of thiophene rings is 1. The van der Waals surface area contributed by atoms with E-state index in [1.165, 1.54) is 11.3 Å². The molecule has 0 aliphatic carbocycles. The number of carboxylic acids is 1. The van der Waals surface area contributed by atoms with Crippen LogP contribution in [0.5, 0.6) is 0 Å². The molecule has 0 aromatic carbocycles. The quantitative estimate of drug-likeness (QED) is 0.809. The van der Waals surface area contributed by atoms with Gasteiger partial charge in [-0.1, -0.05) is 6.07 Å². The van der Waals surface area contributed by atoms with Crippen molar-refractivity contribution in [2.45, 2.75) is 6.42 Å². The van der Waals surface area contributed by atoms with Crippen molar-refractivity contribution in [1.29, 1.82) is 0 Å². The van der Waals surface area contributed by atoms with Gasteiger partial charge in [-0.25, -0.2) is 0 Å². The highest BCUT2D eigenvalue weighted by molar-refractivity contribution is 7.12. The Labute approximate surface area is 111 Å². The van der Waals surface area contributed by atoms with Gasteiger partial charge in [0.25, 0.3) is 5.91 Å². The molecule has 0 unspecified atom stereocenters. The Morgan fingerprint density at radius 2 is 2.00 bits per heavy atom. The number of rotatable bonds is 7. The number of nitrogens with zero attached hydrogens (tertiary/aromatic N) is 2. The fourth-order valence-corrected chi connectivity index (χ4v) is 2.11. The van der Waals surface area contributed by atoms with E-state index in [4.69, 9.17) is 5.11 Å². The Hall–Kier alpha value is -1.40. The molecule has 0 spiro atoms. The number of aliphatic carboxylic acids is 1. The standard InChI is InChI=1S/C12H18N2O3S/c1-13(2)7-8-14(6-5-11(15)16)12(17)10-4-3-9-18-10/h3-4,9H,5-8H2,1-2H3,(H,15,16). The number of carbonyl (C=O) groups is 2. The second-order valence-corrected chi connectivity index (χ2v) is 5.16. The van der Waals surface area contributed by atoms with Gasteiger partial charge in [-0.05, 0) is 25.5 Å². The average molecular weight is 270 g/mol. The molecule has 0 atom stereocenters. The van der Waals surface area contributed by atoms with E-state index in [1.54, 1.807) is 11.0 Å². The Balaban J connectivity index is 2.63. The van der Waals surface area contributed by atoms with Gasteiger partial charge in [0.05, 0.1) is 11.3 Å². The summed E-state index contributed by atoms with van der Waals surface area (Å²) in [7, 11) is 3.84. The van der Waals surface area contributed by atoms with Gasteiger partial charge < -0.3 is 14.9 Å². The van der Waals surface area contributed by atoms with Crippen LogP contribution in [0.1, 0.15) is 16.1 Å². The Kier molecular flexibility index (Phi) is 5.80. The first-order valence-electron chi connectivity index (χ1n) is 5.70. The molecule has 0 aliphatic heterocycles. The summed E-state index contributed by atoms with van der Waals surface area (Å²) in [6.45, 7) is 1.51. The number of carboxylic acid groups (broad SMARTS) is 1. The number of carbonyl (C=O) groups excluding carboxylic acids is 1. The zero-order valence-electron chi connectivity index (χ0n) is 10.6. The molecule has 0 radical (unpaired) electrons. The SMILES string of the molecule is CN(C)CCN(CCC(=O)O)C(=O)c1cccs1. The maximum atomic E-state index is 12.2. The molecule has 1 amide bonds. The predicted molar refractivity (Wildman–Crippen MR) is 71.0 cm³/mol. The summed E-state index contributed by atoms with van der Waals surface area (Å²) >= 11 is 1.38. The van der Waals surface area contributed by atoms with E-state index in [-0.39, 0.29) is 18.9 Å². The highest BCUT2D eigenvalue weighted by Gasteiger charge is 2.17. The van der Waals surface area contributed by atoms with Crippen molar-refractivity contribution < 1.29 is 14.7 Å². The van der Waals surface area contributed by atoms with Crippen molar-refractivity contribution in [3.8, 4) is 0 Å². The van der Waals surface area contributed by atoms with E-state index in [9.17, 15) is 9.59 Å². The van der Waals surface area contributed by atoms with Crippen LogP contribution in [0, 0.1) is 0 Å². The maximum absolute atomic E-state index is 12.2. The molecule has 1 N–H and O–H groups in total. The molecule has 18 heavy (non-hydrogen) atoms. The summed E-state index contributed by atoms with van der Waals surface area (Å²) in [6, 6.07) is 3.58. The fourth-order valence-electron chi connectivity index (χ4n) is 1.42. The van der Waals surface area contributed by atoms with Gasteiger partial charge in [0.15, 0.2) is 0 Å². The van der Waals surface area contributed by atoms with Crippen LogP contribution in [0.2, 0.25) is 0 Å². The Morgan fingerprint density at radius 3 is 2.50 bits per heavy atom. The lowest BCUT2D eigenvalue weighted by Gasteiger charge is -2.23. The molecular weight excluding hydrogens is 252 g/mol. The fraction of sp³-hybridized carbons (Fsp3) is 0.500. The molecule has 0 saturated carbocycles. The molecule has 100 valence electrons. The van der Waals surface area contributed by atoms with Gasteiger partial charge in [0.2, 0.25) is 0 Å². The zero-order chi connectivity index (χ0) is 13.5. The average Bonchev–Trinajstić information content (AvgIpc) is 2.81. The molecular formula is C12H18N2O3S. The van der Waals surface area contributed by atoms with Crippen LogP contribution in [0.15, 0.2) is 17.5 Å². The Bertz CT molecular complexity index is 390. The van der Waals surface area contributed by atoms with Gasteiger partial charge in [-0.3, -0.25) is 9.59 Å². The molecule has 1 rings (SSSR count). The van der Waals surface area contributed by atoms with Gasteiger partial charge in [0.1, 0.15) is 0 Å². The monoisotopic (exact) mass is 270 g/mol. The first-order valence-corrected chi connectivity index (χ1v) is 6.58. The van der Waals surface area contributed by atoms with E-state index in [0.717, 1.165) is 6.54 Å². The molecule has 0 aliphatic rings. The topological polar surface area (TPSA) is 60.9 Å². The minimum atomic E-state index is -0.885. The van der Waals surface area contributed by atoms with Gasteiger partial charge in [0, 0.05) is 19.6 Å². The first kappa shape index (κ1) is 14.7. The van der Waals surface area contributed by atoms with E-state index >= 15 is 0 Å². The van der Waals surface area contributed by atoms with E-state index in [2.05, 4.69) is 0 Å². The second-order valence-electron chi connectivity index (χ2n) is 4.22. The lowest BCUT2D eigenvalue weighted by Crippen LogP contribution is -2.37. The highest BCUT2D eigenvalue weighted by Crippen LogP contribution is 2.12. The zero-order valence-corrected chi connectivity index (χ0v) is 11.4. The van der Waals surface area contributed by atoms with Gasteiger partial charge in [-0.15, -0.1) is 11.3 Å². The van der Waals surface area contributed by atoms with Gasteiger partial charge in [-0.2, -0.15) is 0 Å². The number of likely N-dealkylation sites (N-methyl/N-ethyl adjacent to an activating group) is 1. The van der Waals surface area contributed by atoms with Crippen LogP contribution in [0.3, 0.4) is 0 Å². The summed E-state index contributed by atoms with van der Waals surface area (Å²) in [4.78, 5) is 27.0. The summed E-state index contributed by atoms with van der Waals surface area (Å²) in [5.41, 5.74) is 0. The molecule has 1 aromatic rings. The van der Waals surface area contributed by atoms with Crippen LogP contribution < -0.4 is 0 Å². The van der Waals surface area contributed by atoms with Crippen LogP contribution in [0.4, 0.5) is 0 Å². The largest absolute Gasteiger partial charge is 0.481 e. The summed E-state index contributed by atoms with van der Waals surface area (Å²) in [5.74, 6) is -0.975. The Morgan fingerprint density at radius 1 is 1.28 bits per heavy atom. The molecule has 1 aromatic heterocycles. The van der Waals surface area contributed by atoms with Crippen molar-refractivity contribution >= 4 is 23.2 Å². The lowest BCUT2D eigenvalue weighted by atomic mass is 10.3. The molecule has 6 heteroatoms. The second kappa shape index (κ2) is 7.13. The van der Waals surface area contributed by atoms with Crippen LogP contribution in [-0.2, 0) is 4.79 Å². The number of amides is 1. The van der Waals surface area contributed by atoms with Crippen molar-refractivity contribution in [2.75, 3.05) is 33.7 Å². The number of hydrogen-bond donors (Lipinski definition) is 1. The third kappa shape index (κ3) is 4.85. The minimum absolute atomic E-state index is 0.0233. The smallest absolute Gasteiger partial charge is 0.305 e. The summed E-state index contributed by atoms with van der Waals surface area (Å²) in [5, 5.41) is 10.5. The van der Waals surface area contributed by atoms with E-state index < -0.39 is 5.97 Å². The molecule has 5 nitrogen and oxygen atoms in total. The maximum Gasteiger partial charge on any atom is 0.305 e. The van der Waals surface area contributed by atoms with E-state index in [1.807, 2.05) is 30.4 Å². The lowest BCUT2D eigenvalue weighted by molar-refractivity contribution is -0.137. The van der Waals surface area contributed by atoms with Gasteiger partial charge >= 0.3 is 5.97 Å². The highest BCUT2D eigenvalue weighted by atomic mass is 32.1.